The molecule has 0 bridgehead atoms. The predicted octanol–water partition coefficient (Wildman–Crippen LogP) is 1.41. The van der Waals surface area contributed by atoms with Gasteiger partial charge in [0.05, 0.1) is 12.2 Å². The number of amides is 1. The highest BCUT2D eigenvalue weighted by atomic mass is 19.4. The van der Waals surface area contributed by atoms with E-state index in [1.54, 1.807) is 0 Å². The monoisotopic (exact) mass is 291 g/mol. The van der Waals surface area contributed by atoms with Crippen molar-refractivity contribution < 1.29 is 23.1 Å². The normalized spacial score (nSPS) is 11.4. The van der Waals surface area contributed by atoms with Crippen LogP contribution in [0.1, 0.15) is 29.4 Å². The summed E-state index contributed by atoms with van der Waals surface area (Å²) in [5, 5.41) is 8.98. The number of anilines is 1. The minimum atomic E-state index is -4.61. The Hall–Kier alpha value is -1.83. The molecule has 1 aromatic rings. The number of carbonyl (C=O) groups is 1. The Morgan fingerprint density at radius 1 is 1.40 bits per heavy atom. The average molecular weight is 291 g/mol. The molecule has 0 saturated carbocycles. The molecule has 112 valence electrons. The van der Waals surface area contributed by atoms with Gasteiger partial charge in [-0.1, -0.05) is 6.92 Å². The molecule has 0 spiro atoms. The van der Waals surface area contributed by atoms with Crippen molar-refractivity contribution in [3.8, 4) is 0 Å². The number of carbonyl (C=O) groups excluding carboxylic acids is 1. The van der Waals surface area contributed by atoms with Gasteiger partial charge in [-0.05, 0) is 18.6 Å². The molecule has 0 aromatic carbocycles. The third-order valence-corrected chi connectivity index (χ3v) is 2.59. The largest absolute Gasteiger partial charge is 0.433 e. The second-order valence-electron chi connectivity index (χ2n) is 4.14. The van der Waals surface area contributed by atoms with E-state index in [0.29, 0.717) is 19.0 Å². The molecule has 0 saturated heterocycles. The maximum Gasteiger partial charge on any atom is 0.433 e. The summed E-state index contributed by atoms with van der Waals surface area (Å²) in [5.74, 6) is -1.01. The first-order valence-electron chi connectivity index (χ1n) is 6.05. The minimum absolute atomic E-state index is 0.0719. The van der Waals surface area contributed by atoms with Gasteiger partial charge in [-0.15, -0.1) is 0 Å². The lowest BCUT2D eigenvalue weighted by Gasteiger charge is -2.24. The van der Waals surface area contributed by atoms with Gasteiger partial charge in [0.2, 0.25) is 0 Å². The number of aliphatic hydroxyl groups excluding tert-OH is 1. The molecule has 5 nitrogen and oxygen atoms in total. The van der Waals surface area contributed by atoms with Gasteiger partial charge in [-0.3, -0.25) is 4.79 Å². The topological polar surface area (TPSA) is 79.4 Å². The van der Waals surface area contributed by atoms with Gasteiger partial charge in [0.25, 0.3) is 5.91 Å². The van der Waals surface area contributed by atoms with Crippen LogP contribution in [0.25, 0.3) is 0 Å². The summed E-state index contributed by atoms with van der Waals surface area (Å²) >= 11 is 0. The van der Waals surface area contributed by atoms with E-state index in [2.05, 4.69) is 4.98 Å². The fourth-order valence-corrected chi connectivity index (χ4v) is 1.75. The highest BCUT2D eigenvalue weighted by molar-refractivity contribution is 5.97. The molecule has 0 radical (unpaired) electrons. The van der Waals surface area contributed by atoms with Gasteiger partial charge in [0.1, 0.15) is 11.5 Å². The van der Waals surface area contributed by atoms with Gasteiger partial charge in [-0.2, -0.15) is 13.2 Å². The van der Waals surface area contributed by atoms with Gasteiger partial charge < -0.3 is 15.7 Å². The number of pyridine rings is 1. The summed E-state index contributed by atoms with van der Waals surface area (Å²) in [7, 11) is 0. The lowest BCUT2D eigenvalue weighted by Crippen LogP contribution is -2.31. The van der Waals surface area contributed by atoms with Crippen LogP contribution in [0.2, 0.25) is 0 Å². The zero-order valence-corrected chi connectivity index (χ0v) is 10.9. The number of alkyl halides is 3. The average Bonchev–Trinajstić information content (AvgIpc) is 2.36. The van der Waals surface area contributed by atoms with Crippen molar-refractivity contribution in [2.24, 2.45) is 5.73 Å². The van der Waals surface area contributed by atoms with Gasteiger partial charge in [0, 0.05) is 13.1 Å². The Kier molecular flexibility index (Phi) is 5.32. The molecule has 1 heterocycles. The minimum Gasteiger partial charge on any atom is -0.395 e. The number of nitrogens with two attached hydrogens (primary N) is 1. The number of primary amides is 1. The Morgan fingerprint density at radius 3 is 2.50 bits per heavy atom. The van der Waals surface area contributed by atoms with Crippen LogP contribution < -0.4 is 10.6 Å². The summed E-state index contributed by atoms with van der Waals surface area (Å²) in [5.41, 5.74) is 3.96. The van der Waals surface area contributed by atoms with E-state index in [4.69, 9.17) is 10.8 Å². The van der Waals surface area contributed by atoms with Gasteiger partial charge in [-0.25, -0.2) is 4.98 Å². The second-order valence-corrected chi connectivity index (χ2v) is 4.14. The molecular weight excluding hydrogens is 275 g/mol. The molecule has 0 aliphatic rings. The van der Waals surface area contributed by atoms with Crippen LogP contribution in [0, 0.1) is 0 Å². The van der Waals surface area contributed by atoms with Crippen molar-refractivity contribution in [1.29, 1.82) is 0 Å². The number of aliphatic hydroxyl groups is 1. The Balaban J connectivity index is 3.33. The van der Waals surface area contributed by atoms with Crippen LogP contribution in [-0.2, 0) is 6.18 Å². The van der Waals surface area contributed by atoms with E-state index in [9.17, 15) is 18.0 Å². The van der Waals surface area contributed by atoms with Crippen LogP contribution in [0.15, 0.2) is 12.1 Å². The van der Waals surface area contributed by atoms with Crippen molar-refractivity contribution in [2.45, 2.75) is 19.5 Å². The third-order valence-electron chi connectivity index (χ3n) is 2.59. The van der Waals surface area contributed by atoms with Crippen molar-refractivity contribution in [3.05, 3.63) is 23.4 Å². The summed E-state index contributed by atoms with van der Waals surface area (Å²) in [6, 6.07) is 1.72. The maximum atomic E-state index is 12.7. The smallest absolute Gasteiger partial charge is 0.395 e. The third kappa shape index (κ3) is 3.83. The lowest BCUT2D eigenvalue weighted by molar-refractivity contribution is -0.141. The van der Waals surface area contributed by atoms with Crippen LogP contribution in [0.4, 0.5) is 19.0 Å². The van der Waals surface area contributed by atoms with E-state index in [-0.39, 0.29) is 24.5 Å². The Morgan fingerprint density at radius 2 is 2.05 bits per heavy atom. The van der Waals surface area contributed by atoms with E-state index in [1.807, 2.05) is 6.92 Å². The predicted molar refractivity (Wildman–Crippen MR) is 67.3 cm³/mol. The molecule has 3 N–H and O–H groups in total. The molecule has 0 atom stereocenters. The summed E-state index contributed by atoms with van der Waals surface area (Å²) in [4.78, 5) is 16.2. The summed E-state index contributed by atoms with van der Waals surface area (Å²) in [6.45, 7) is 1.98. The second kappa shape index (κ2) is 6.56. The van der Waals surface area contributed by atoms with Crippen molar-refractivity contribution in [3.63, 3.8) is 0 Å². The van der Waals surface area contributed by atoms with Crippen LogP contribution in [-0.4, -0.2) is 35.7 Å². The molecular formula is C12H16F3N3O2. The number of rotatable bonds is 6. The van der Waals surface area contributed by atoms with Crippen molar-refractivity contribution in [1.82, 2.24) is 4.98 Å². The molecule has 1 rings (SSSR count). The standard InChI is InChI=1S/C12H16F3N3O2/c1-2-5-18(6-7-19)11-8(10(16)20)3-4-9(17-11)12(13,14)15/h3-4,19H,2,5-7H2,1H3,(H2,16,20). The maximum absolute atomic E-state index is 12.7. The van der Waals surface area contributed by atoms with E-state index >= 15 is 0 Å². The number of nitrogens with zero attached hydrogens (tertiary/aromatic N) is 2. The quantitative estimate of drug-likeness (QED) is 0.830. The molecule has 0 fully saturated rings. The molecule has 1 amide bonds. The van der Waals surface area contributed by atoms with Crippen LogP contribution in [0.3, 0.4) is 0 Å². The van der Waals surface area contributed by atoms with Crippen LogP contribution >= 0.6 is 0 Å². The molecule has 8 heteroatoms. The first-order chi connectivity index (χ1) is 9.31. The molecule has 0 aliphatic carbocycles. The number of halogens is 3. The van der Waals surface area contributed by atoms with E-state index in [0.717, 1.165) is 6.07 Å². The van der Waals surface area contributed by atoms with Crippen molar-refractivity contribution >= 4 is 11.7 Å². The van der Waals surface area contributed by atoms with Crippen molar-refractivity contribution in [2.75, 3.05) is 24.6 Å². The Labute approximate surface area is 114 Å². The first-order valence-corrected chi connectivity index (χ1v) is 6.05. The molecule has 0 aliphatic heterocycles. The summed E-state index contributed by atoms with van der Waals surface area (Å²) < 4.78 is 38.1. The lowest BCUT2D eigenvalue weighted by atomic mass is 10.2. The fourth-order valence-electron chi connectivity index (χ4n) is 1.75. The summed E-state index contributed by atoms with van der Waals surface area (Å²) in [6.07, 6.45) is -3.99. The zero-order chi connectivity index (χ0) is 15.3. The zero-order valence-electron chi connectivity index (χ0n) is 10.9. The number of hydrogen-bond acceptors (Lipinski definition) is 4. The first kappa shape index (κ1) is 16.2. The fraction of sp³-hybridized carbons (Fsp3) is 0.500. The highest BCUT2D eigenvalue weighted by Crippen LogP contribution is 2.30. The number of hydrogen-bond donors (Lipinski definition) is 2. The number of aromatic nitrogens is 1. The highest BCUT2D eigenvalue weighted by Gasteiger charge is 2.34. The molecule has 20 heavy (non-hydrogen) atoms. The molecule has 0 unspecified atom stereocenters. The molecule has 1 aromatic heterocycles. The van der Waals surface area contributed by atoms with Gasteiger partial charge in [0.15, 0.2) is 0 Å². The van der Waals surface area contributed by atoms with Gasteiger partial charge >= 0.3 is 6.18 Å². The SMILES string of the molecule is CCCN(CCO)c1nc(C(F)(F)F)ccc1C(N)=O. The Bertz CT molecular complexity index is 472. The van der Waals surface area contributed by atoms with E-state index < -0.39 is 17.8 Å². The van der Waals surface area contributed by atoms with Crippen LogP contribution in [0.5, 0.6) is 0 Å². The van der Waals surface area contributed by atoms with E-state index in [1.165, 1.54) is 4.90 Å².